The van der Waals surface area contributed by atoms with Crippen molar-refractivity contribution in [2.45, 2.75) is 24.3 Å². The molecule has 0 fully saturated rings. The number of aromatic nitrogens is 2. The van der Waals surface area contributed by atoms with Crippen LogP contribution >= 0.6 is 0 Å². The molecular formula is C14H17N3O4S. The van der Waals surface area contributed by atoms with Crippen molar-refractivity contribution >= 4 is 10.0 Å². The van der Waals surface area contributed by atoms with Crippen LogP contribution in [-0.4, -0.2) is 30.6 Å². The monoisotopic (exact) mass is 323 g/mol. The zero-order chi connectivity index (χ0) is 16.5. The van der Waals surface area contributed by atoms with Gasteiger partial charge >= 0.3 is 0 Å². The van der Waals surface area contributed by atoms with Crippen LogP contribution in [-0.2, 0) is 15.6 Å². The molecule has 1 aromatic heterocycles. The summed E-state index contributed by atoms with van der Waals surface area (Å²) in [5, 5.41) is 15.0. The predicted octanol–water partition coefficient (Wildman–Crippen LogP) is 1.03. The smallest absolute Gasteiger partial charge is 0.238 e. The maximum absolute atomic E-state index is 11.5. The summed E-state index contributed by atoms with van der Waals surface area (Å²) >= 11 is 0. The van der Waals surface area contributed by atoms with E-state index < -0.39 is 15.6 Å². The lowest BCUT2D eigenvalue weighted by atomic mass is 10.1. The van der Waals surface area contributed by atoms with E-state index in [2.05, 4.69) is 9.97 Å². The number of hydrogen-bond acceptors (Lipinski definition) is 6. The van der Waals surface area contributed by atoms with Gasteiger partial charge in [0.15, 0.2) is 0 Å². The summed E-state index contributed by atoms with van der Waals surface area (Å²) in [5.41, 5.74) is 0.242. The number of methoxy groups -OCH3 is 1. The van der Waals surface area contributed by atoms with Gasteiger partial charge in [-0.3, -0.25) is 9.97 Å². The number of aliphatic hydroxyl groups is 1. The number of rotatable bonds is 4. The van der Waals surface area contributed by atoms with Crippen molar-refractivity contribution in [2.75, 3.05) is 7.11 Å². The molecule has 1 aromatic carbocycles. The van der Waals surface area contributed by atoms with Crippen molar-refractivity contribution in [1.29, 1.82) is 0 Å². The van der Waals surface area contributed by atoms with Crippen molar-refractivity contribution < 1.29 is 18.3 Å². The molecule has 0 saturated carbocycles. The van der Waals surface area contributed by atoms with Crippen LogP contribution in [0.2, 0.25) is 0 Å². The van der Waals surface area contributed by atoms with E-state index in [9.17, 15) is 13.5 Å². The third kappa shape index (κ3) is 3.59. The van der Waals surface area contributed by atoms with Gasteiger partial charge in [-0.1, -0.05) is 0 Å². The highest BCUT2D eigenvalue weighted by atomic mass is 32.2. The lowest BCUT2D eigenvalue weighted by Crippen LogP contribution is -2.17. The minimum absolute atomic E-state index is 0.0739. The average Bonchev–Trinajstić information content (AvgIpc) is 2.45. The fourth-order valence-electron chi connectivity index (χ4n) is 1.79. The Labute approximate surface area is 128 Å². The second kappa shape index (κ2) is 5.64. The van der Waals surface area contributed by atoms with Gasteiger partial charge in [0.05, 0.1) is 35.8 Å². The molecule has 2 rings (SSSR count). The van der Waals surface area contributed by atoms with Crippen molar-refractivity contribution in [1.82, 2.24) is 9.97 Å². The molecule has 0 aliphatic carbocycles. The Bertz CT molecular complexity index is 781. The molecule has 22 heavy (non-hydrogen) atoms. The van der Waals surface area contributed by atoms with E-state index in [0.717, 1.165) is 0 Å². The maximum atomic E-state index is 11.5. The Balaban J connectivity index is 2.53. The Kier molecular flexibility index (Phi) is 4.19. The first-order valence-corrected chi connectivity index (χ1v) is 7.93. The molecule has 0 radical (unpaired) electrons. The fourth-order valence-corrected chi connectivity index (χ4v) is 2.37. The summed E-state index contributed by atoms with van der Waals surface area (Å²) in [4.78, 5) is 8.27. The standard InChI is InChI=1S/C14H17N3O4S/c1-14(2,18)13-8-16-12(7-17-13)9-4-10(21-3)6-11(5-9)22(15,19)20/h4-8,18H,1-3H3,(H2,15,19,20). The number of benzene rings is 1. The van der Waals surface area contributed by atoms with Crippen LogP contribution < -0.4 is 9.88 Å². The van der Waals surface area contributed by atoms with E-state index in [1.165, 1.54) is 31.6 Å². The number of ether oxygens (including phenoxy) is 1. The second-order valence-electron chi connectivity index (χ2n) is 5.29. The summed E-state index contributed by atoms with van der Waals surface area (Å²) in [6.07, 6.45) is 2.89. The zero-order valence-electron chi connectivity index (χ0n) is 12.4. The summed E-state index contributed by atoms with van der Waals surface area (Å²) in [7, 11) is -2.44. The van der Waals surface area contributed by atoms with Gasteiger partial charge in [0.1, 0.15) is 11.4 Å². The molecule has 0 atom stereocenters. The van der Waals surface area contributed by atoms with Gasteiger partial charge in [-0.25, -0.2) is 13.6 Å². The Morgan fingerprint density at radius 3 is 2.32 bits per heavy atom. The van der Waals surface area contributed by atoms with Gasteiger partial charge in [0, 0.05) is 11.6 Å². The van der Waals surface area contributed by atoms with Crippen molar-refractivity contribution in [3.63, 3.8) is 0 Å². The van der Waals surface area contributed by atoms with E-state index >= 15 is 0 Å². The highest BCUT2D eigenvalue weighted by Gasteiger charge is 2.19. The van der Waals surface area contributed by atoms with Gasteiger partial charge in [-0.05, 0) is 26.0 Å². The van der Waals surface area contributed by atoms with Crippen LogP contribution in [0.25, 0.3) is 11.3 Å². The Morgan fingerprint density at radius 2 is 1.86 bits per heavy atom. The highest BCUT2D eigenvalue weighted by Crippen LogP contribution is 2.27. The van der Waals surface area contributed by atoms with Gasteiger partial charge in [-0.15, -0.1) is 0 Å². The zero-order valence-corrected chi connectivity index (χ0v) is 13.3. The third-order valence-electron chi connectivity index (χ3n) is 3.02. The lowest BCUT2D eigenvalue weighted by Gasteiger charge is -2.16. The van der Waals surface area contributed by atoms with Crippen LogP contribution in [0.15, 0.2) is 35.5 Å². The average molecular weight is 323 g/mol. The van der Waals surface area contributed by atoms with Gasteiger partial charge in [-0.2, -0.15) is 0 Å². The van der Waals surface area contributed by atoms with Crippen LogP contribution in [0.5, 0.6) is 5.75 Å². The predicted molar refractivity (Wildman–Crippen MR) is 80.6 cm³/mol. The second-order valence-corrected chi connectivity index (χ2v) is 6.85. The van der Waals surface area contributed by atoms with Crippen molar-refractivity contribution in [2.24, 2.45) is 5.14 Å². The molecule has 118 valence electrons. The topological polar surface area (TPSA) is 115 Å². The van der Waals surface area contributed by atoms with Gasteiger partial charge in [0.25, 0.3) is 0 Å². The van der Waals surface area contributed by atoms with E-state index in [4.69, 9.17) is 9.88 Å². The summed E-state index contributed by atoms with van der Waals surface area (Å²) in [5.74, 6) is 0.342. The maximum Gasteiger partial charge on any atom is 0.238 e. The number of sulfonamides is 1. The first-order valence-electron chi connectivity index (χ1n) is 6.38. The summed E-state index contributed by atoms with van der Waals surface area (Å²) in [6.45, 7) is 3.20. The first-order chi connectivity index (χ1) is 10.1. The molecule has 2 aromatic rings. The van der Waals surface area contributed by atoms with Crippen LogP contribution in [0.1, 0.15) is 19.5 Å². The van der Waals surface area contributed by atoms with E-state index in [1.807, 2.05) is 0 Å². The summed E-state index contributed by atoms with van der Waals surface area (Å²) < 4.78 is 28.1. The molecule has 0 bridgehead atoms. The summed E-state index contributed by atoms with van der Waals surface area (Å²) in [6, 6.07) is 4.35. The SMILES string of the molecule is COc1cc(-c2cnc(C(C)(C)O)cn2)cc(S(N)(=O)=O)c1. The highest BCUT2D eigenvalue weighted by molar-refractivity contribution is 7.89. The normalized spacial score (nSPS) is 12.2. The minimum atomic E-state index is -3.87. The molecule has 0 spiro atoms. The van der Waals surface area contributed by atoms with E-state index in [0.29, 0.717) is 22.7 Å². The number of nitrogens with zero attached hydrogens (tertiary/aromatic N) is 2. The van der Waals surface area contributed by atoms with Crippen LogP contribution in [0, 0.1) is 0 Å². The molecule has 1 heterocycles. The quantitative estimate of drug-likeness (QED) is 0.868. The van der Waals surface area contributed by atoms with Crippen molar-refractivity contribution in [3.05, 3.63) is 36.3 Å². The molecule has 0 aliphatic rings. The molecule has 0 saturated heterocycles. The fraction of sp³-hybridized carbons (Fsp3) is 0.286. The first kappa shape index (κ1) is 16.3. The molecule has 0 unspecified atom stereocenters. The molecule has 8 heteroatoms. The van der Waals surface area contributed by atoms with Crippen molar-refractivity contribution in [3.8, 4) is 17.0 Å². The molecule has 7 nitrogen and oxygen atoms in total. The molecule has 0 aliphatic heterocycles. The van der Waals surface area contributed by atoms with Crippen LogP contribution in [0.4, 0.5) is 0 Å². The Hall–Kier alpha value is -2.03. The number of primary sulfonamides is 1. The third-order valence-corrected chi connectivity index (χ3v) is 3.91. The van der Waals surface area contributed by atoms with E-state index in [1.54, 1.807) is 19.9 Å². The van der Waals surface area contributed by atoms with Gasteiger partial charge in [0.2, 0.25) is 10.0 Å². The number of hydrogen-bond donors (Lipinski definition) is 2. The molecular weight excluding hydrogens is 306 g/mol. The minimum Gasteiger partial charge on any atom is -0.497 e. The largest absolute Gasteiger partial charge is 0.497 e. The molecule has 0 amide bonds. The van der Waals surface area contributed by atoms with Gasteiger partial charge < -0.3 is 9.84 Å². The van der Waals surface area contributed by atoms with Crippen LogP contribution in [0.3, 0.4) is 0 Å². The Morgan fingerprint density at radius 1 is 1.18 bits per heavy atom. The number of nitrogens with two attached hydrogens (primary N) is 1. The van der Waals surface area contributed by atoms with E-state index in [-0.39, 0.29) is 4.90 Å². The molecule has 3 N–H and O–H groups in total. The lowest BCUT2D eigenvalue weighted by molar-refractivity contribution is 0.0734.